The van der Waals surface area contributed by atoms with E-state index in [9.17, 15) is 4.79 Å². The molecule has 0 aromatic heterocycles. The number of benzene rings is 1. The van der Waals surface area contributed by atoms with Crippen molar-refractivity contribution in [2.75, 3.05) is 0 Å². The maximum Gasteiger partial charge on any atom is 0.167 e. The van der Waals surface area contributed by atoms with E-state index in [-0.39, 0.29) is 11.7 Å². The molecule has 0 aliphatic heterocycles. The van der Waals surface area contributed by atoms with E-state index >= 15 is 0 Å². The molecule has 1 aromatic rings. The highest BCUT2D eigenvalue weighted by molar-refractivity contribution is 6.44. The van der Waals surface area contributed by atoms with Crippen molar-refractivity contribution >= 4 is 29.0 Å². The smallest absolute Gasteiger partial charge is 0.167 e. The highest BCUT2D eigenvalue weighted by Crippen LogP contribution is 2.34. The second-order valence-corrected chi connectivity index (χ2v) is 4.48. The molecule has 0 radical (unpaired) electrons. The Morgan fingerprint density at radius 2 is 2.07 bits per heavy atom. The van der Waals surface area contributed by atoms with Crippen molar-refractivity contribution in [1.82, 2.24) is 0 Å². The average molecular weight is 229 g/mol. The maximum absolute atomic E-state index is 11.8. The van der Waals surface area contributed by atoms with E-state index < -0.39 is 0 Å². The molecule has 1 aliphatic carbocycles. The molecule has 3 heteroatoms. The Hall–Kier alpha value is -0.530. The van der Waals surface area contributed by atoms with Gasteiger partial charge in [0, 0.05) is 11.5 Å². The molecule has 1 unspecified atom stereocenters. The largest absolute Gasteiger partial charge is 0.294 e. The summed E-state index contributed by atoms with van der Waals surface area (Å²) in [6, 6.07) is 3.65. The third-order valence-corrected chi connectivity index (χ3v) is 3.53. The molecule has 0 saturated heterocycles. The van der Waals surface area contributed by atoms with Gasteiger partial charge in [-0.1, -0.05) is 36.2 Å². The highest BCUT2D eigenvalue weighted by atomic mass is 35.5. The van der Waals surface area contributed by atoms with Gasteiger partial charge < -0.3 is 0 Å². The number of ketones is 1. The molecule has 1 atom stereocenters. The van der Waals surface area contributed by atoms with E-state index in [1.807, 2.05) is 13.0 Å². The van der Waals surface area contributed by atoms with Crippen molar-refractivity contribution in [2.24, 2.45) is 5.92 Å². The van der Waals surface area contributed by atoms with Gasteiger partial charge >= 0.3 is 0 Å². The fourth-order valence-corrected chi connectivity index (χ4v) is 2.25. The second kappa shape index (κ2) is 3.56. The van der Waals surface area contributed by atoms with Gasteiger partial charge in [-0.15, -0.1) is 0 Å². The number of carbonyl (C=O) groups excluding carboxylic acids is 1. The number of hydrogen-bond acceptors (Lipinski definition) is 1. The van der Waals surface area contributed by atoms with Crippen LogP contribution in [0.1, 0.15) is 29.3 Å². The van der Waals surface area contributed by atoms with Crippen LogP contribution < -0.4 is 0 Å². The number of rotatable bonds is 0. The van der Waals surface area contributed by atoms with Crippen molar-refractivity contribution in [3.63, 3.8) is 0 Å². The van der Waals surface area contributed by atoms with Gasteiger partial charge in [-0.3, -0.25) is 4.79 Å². The van der Waals surface area contributed by atoms with E-state index in [4.69, 9.17) is 23.2 Å². The summed E-state index contributed by atoms with van der Waals surface area (Å²) in [6.45, 7) is 1.93. The molecule has 0 N–H and O–H groups in total. The highest BCUT2D eigenvalue weighted by Gasteiger charge is 2.26. The monoisotopic (exact) mass is 228 g/mol. The zero-order valence-electron chi connectivity index (χ0n) is 7.81. The summed E-state index contributed by atoms with van der Waals surface area (Å²) in [5.41, 5.74) is 1.67. The van der Waals surface area contributed by atoms with Crippen LogP contribution in [0.2, 0.25) is 10.0 Å². The fourth-order valence-electron chi connectivity index (χ4n) is 1.81. The Morgan fingerprint density at radius 1 is 1.36 bits per heavy atom. The quantitative estimate of drug-likeness (QED) is 0.661. The topological polar surface area (TPSA) is 17.1 Å². The van der Waals surface area contributed by atoms with Crippen LogP contribution in [-0.4, -0.2) is 5.78 Å². The molecule has 0 spiro atoms. The Morgan fingerprint density at radius 3 is 2.79 bits per heavy atom. The molecule has 0 bridgehead atoms. The number of carbonyl (C=O) groups is 1. The van der Waals surface area contributed by atoms with E-state index in [1.54, 1.807) is 6.07 Å². The SMILES string of the molecule is CC1CCc2ccc(Cl)c(Cl)c2C1=O. The van der Waals surface area contributed by atoms with E-state index in [0.29, 0.717) is 15.6 Å². The first-order chi connectivity index (χ1) is 6.61. The second-order valence-electron chi connectivity index (χ2n) is 3.70. The molecule has 1 aliphatic rings. The van der Waals surface area contributed by atoms with Gasteiger partial charge in [0.25, 0.3) is 0 Å². The Kier molecular flexibility index (Phi) is 2.54. The summed E-state index contributed by atoms with van der Waals surface area (Å²) in [4.78, 5) is 11.8. The average Bonchev–Trinajstić information content (AvgIpc) is 2.17. The van der Waals surface area contributed by atoms with Crippen LogP contribution in [-0.2, 0) is 6.42 Å². The maximum atomic E-state index is 11.8. The van der Waals surface area contributed by atoms with Crippen molar-refractivity contribution in [3.05, 3.63) is 33.3 Å². The van der Waals surface area contributed by atoms with E-state index in [0.717, 1.165) is 18.4 Å². The van der Waals surface area contributed by atoms with Crippen molar-refractivity contribution in [1.29, 1.82) is 0 Å². The third-order valence-electron chi connectivity index (χ3n) is 2.72. The lowest BCUT2D eigenvalue weighted by Gasteiger charge is -2.21. The third kappa shape index (κ3) is 1.45. The summed E-state index contributed by atoms with van der Waals surface area (Å²) in [6.07, 6.45) is 1.82. The van der Waals surface area contributed by atoms with Gasteiger partial charge in [-0.2, -0.15) is 0 Å². The minimum absolute atomic E-state index is 0.0680. The molecule has 2 rings (SSSR count). The van der Waals surface area contributed by atoms with E-state index in [1.165, 1.54) is 0 Å². The minimum atomic E-state index is 0.0680. The Balaban J connectivity index is 2.62. The first-order valence-corrected chi connectivity index (χ1v) is 5.38. The molecule has 0 heterocycles. The number of aryl methyl sites for hydroxylation is 1. The Labute approximate surface area is 93.0 Å². The molecular weight excluding hydrogens is 219 g/mol. The lowest BCUT2D eigenvalue weighted by atomic mass is 9.84. The van der Waals surface area contributed by atoms with Crippen LogP contribution in [0.3, 0.4) is 0 Å². The molecule has 74 valence electrons. The van der Waals surface area contributed by atoms with Crippen LogP contribution >= 0.6 is 23.2 Å². The lowest BCUT2D eigenvalue weighted by Crippen LogP contribution is -2.20. The van der Waals surface area contributed by atoms with Gasteiger partial charge in [-0.05, 0) is 24.5 Å². The van der Waals surface area contributed by atoms with Gasteiger partial charge in [0.1, 0.15) is 0 Å². The summed E-state index contributed by atoms with van der Waals surface area (Å²) >= 11 is 11.9. The summed E-state index contributed by atoms with van der Waals surface area (Å²) < 4.78 is 0. The van der Waals surface area contributed by atoms with Gasteiger partial charge in [0.05, 0.1) is 10.0 Å². The van der Waals surface area contributed by atoms with Crippen LogP contribution in [0, 0.1) is 5.92 Å². The predicted molar refractivity (Wildman–Crippen MR) is 58.3 cm³/mol. The zero-order chi connectivity index (χ0) is 10.3. The number of Topliss-reactive ketones (excluding diaryl/α,β-unsaturated/α-hetero) is 1. The molecule has 1 aromatic carbocycles. The van der Waals surface area contributed by atoms with Crippen molar-refractivity contribution < 1.29 is 4.79 Å². The van der Waals surface area contributed by atoms with Crippen LogP contribution in [0.4, 0.5) is 0 Å². The Bertz CT molecular complexity index is 399. The standard InChI is InChI=1S/C11H10Cl2O/c1-6-2-3-7-4-5-8(12)10(13)9(7)11(6)14/h4-6H,2-3H2,1H3. The lowest BCUT2D eigenvalue weighted by molar-refractivity contribution is 0.0914. The number of hydrogen-bond donors (Lipinski definition) is 0. The molecule has 14 heavy (non-hydrogen) atoms. The zero-order valence-corrected chi connectivity index (χ0v) is 9.32. The molecular formula is C11H10Cl2O. The summed E-state index contributed by atoms with van der Waals surface area (Å²) in [5.74, 6) is 0.192. The predicted octanol–water partition coefficient (Wildman–Crippen LogP) is 3.76. The summed E-state index contributed by atoms with van der Waals surface area (Å²) in [7, 11) is 0. The molecule has 0 amide bonds. The van der Waals surface area contributed by atoms with Gasteiger partial charge in [-0.25, -0.2) is 0 Å². The first-order valence-electron chi connectivity index (χ1n) is 4.62. The number of fused-ring (bicyclic) bond motifs is 1. The minimum Gasteiger partial charge on any atom is -0.294 e. The van der Waals surface area contributed by atoms with Gasteiger partial charge in [0.15, 0.2) is 5.78 Å². The molecule has 1 nitrogen and oxygen atoms in total. The van der Waals surface area contributed by atoms with Crippen molar-refractivity contribution in [2.45, 2.75) is 19.8 Å². The first kappa shape index (κ1) is 10.0. The number of halogens is 2. The van der Waals surface area contributed by atoms with Crippen molar-refractivity contribution in [3.8, 4) is 0 Å². The van der Waals surface area contributed by atoms with Crippen LogP contribution in [0.15, 0.2) is 12.1 Å². The molecule has 0 fully saturated rings. The summed E-state index contributed by atoms with van der Waals surface area (Å²) in [5, 5.41) is 0.883. The normalized spacial score (nSPS) is 20.8. The van der Waals surface area contributed by atoms with Gasteiger partial charge in [0.2, 0.25) is 0 Å². The fraction of sp³-hybridized carbons (Fsp3) is 0.364. The molecule has 0 saturated carbocycles. The van der Waals surface area contributed by atoms with Crippen LogP contribution in [0.25, 0.3) is 0 Å². The van der Waals surface area contributed by atoms with E-state index in [2.05, 4.69) is 0 Å². The van der Waals surface area contributed by atoms with Crippen LogP contribution in [0.5, 0.6) is 0 Å².